The predicted octanol–water partition coefficient (Wildman–Crippen LogP) is 1.28. The van der Waals surface area contributed by atoms with E-state index in [4.69, 9.17) is 0 Å². The van der Waals surface area contributed by atoms with E-state index in [1.807, 2.05) is 33.8 Å². The minimum absolute atomic E-state index is 0.229. The SMILES string of the molecule is Cc1nccc(CNCC(C)(O)C(C)C)n1. The van der Waals surface area contributed by atoms with E-state index < -0.39 is 5.60 Å². The molecule has 0 aromatic carbocycles. The van der Waals surface area contributed by atoms with Crippen LogP contribution in [-0.2, 0) is 6.54 Å². The van der Waals surface area contributed by atoms with Crippen LogP contribution < -0.4 is 5.32 Å². The van der Waals surface area contributed by atoms with Crippen LogP contribution in [0.1, 0.15) is 32.3 Å². The molecule has 0 fully saturated rings. The molecule has 90 valence electrons. The summed E-state index contributed by atoms with van der Waals surface area (Å²) in [6, 6.07) is 1.88. The van der Waals surface area contributed by atoms with Gasteiger partial charge in [0.2, 0.25) is 0 Å². The molecular formula is C12H21N3O. The van der Waals surface area contributed by atoms with Crippen molar-refractivity contribution in [3.63, 3.8) is 0 Å². The minimum atomic E-state index is -0.678. The average Bonchev–Trinajstić information content (AvgIpc) is 2.17. The molecule has 1 rings (SSSR count). The summed E-state index contributed by atoms with van der Waals surface area (Å²) >= 11 is 0. The smallest absolute Gasteiger partial charge is 0.125 e. The van der Waals surface area contributed by atoms with E-state index >= 15 is 0 Å². The van der Waals surface area contributed by atoms with E-state index in [9.17, 15) is 5.11 Å². The first kappa shape index (κ1) is 13.1. The maximum absolute atomic E-state index is 10.0. The second kappa shape index (κ2) is 5.37. The molecule has 1 aromatic rings. The lowest BCUT2D eigenvalue weighted by atomic mass is 9.92. The Hall–Kier alpha value is -1.00. The van der Waals surface area contributed by atoms with E-state index in [2.05, 4.69) is 15.3 Å². The summed E-state index contributed by atoms with van der Waals surface area (Å²) in [7, 11) is 0. The van der Waals surface area contributed by atoms with Crippen LogP contribution in [0.15, 0.2) is 12.3 Å². The molecule has 1 heterocycles. The van der Waals surface area contributed by atoms with E-state index in [1.54, 1.807) is 6.20 Å². The lowest BCUT2D eigenvalue weighted by Crippen LogP contribution is -2.42. The molecule has 0 saturated carbocycles. The molecule has 4 heteroatoms. The normalized spacial score (nSPS) is 15.1. The monoisotopic (exact) mass is 223 g/mol. The molecule has 0 aliphatic heterocycles. The first-order valence-corrected chi connectivity index (χ1v) is 5.63. The molecule has 1 unspecified atom stereocenters. The van der Waals surface area contributed by atoms with Crippen molar-refractivity contribution in [2.45, 2.75) is 39.8 Å². The molecule has 0 amide bonds. The van der Waals surface area contributed by atoms with E-state index in [1.165, 1.54) is 0 Å². The number of aromatic nitrogens is 2. The van der Waals surface area contributed by atoms with Gasteiger partial charge in [-0.3, -0.25) is 0 Å². The number of nitrogens with one attached hydrogen (secondary N) is 1. The number of aliphatic hydroxyl groups is 1. The van der Waals surface area contributed by atoms with Gasteiger partial charge in [0.05, 0.1) is 11.3 Å². The van der Waals surface area contributed by atoms with Crippen molar-refractivity contribution in [3.8, 4) is 0 Å². The van der Waals surface area contributed by atoms with Crippen LogP contribution in [-0.4, -0.2) is 27.2 Å². The van der Waals surface area contributed by atoms with Gasteiger partial charge in [-0.25, -0.2) is 9.97 Å². The Morgan fingerprint density at radius 2 is 2.19 bits per heavy atom. The molecule has 0 saturated heterocycles. The summed E-state index contributed by atoms with van der Waals surface area (Å²) < 4.78 is 0. The van der Waals surface area contributed by atoms with Crippen LogP contribution in [0, 0.1) is 12.8 Å². The molecule has 0 bridgehead atoms. The molecule has 0 radical (unpaired) electrons. The third-order valence-electron chi connectivity index (χ3n) is 2.87. The summed E-state index contributed by atoms with van der Waals surface area (Å²) in [6.45, 7) is 8.96. The van der Waals surface area contributed by atoms with Gasteiger partial charge in [-0.05, 0) is 25.8 Å². The van der Waals surface area contributed by atoms with Crippen LogP contribution in [0.25, 0.3) is 0 Å². The molecule has 1 aromatic heterocycles. The fourth-order valence-electron chi connectivity index (χ4n) is 1.25. The van der Waals surface area contributed by atoms with Crippen LogP contribution in [0.5, 0.6) is 0 Å². The third-order valence-corrected chi connectivity index (χ3v) is 2.87. The fraction of sp³-hybridized carbons (Fsp3) is 0.667. The van der Waals surface area contributed by atoms with Gasteiger partial charge in [-0.2, -0.15) is 0 Å². The zero-order valence-electron chi connectivity index (χ0n) is 10.5. The van der Waals surface area contributed by atoms with Crippen molar-refractivity contribution in [1.82, 2.24) is 15.3 Å². The van der Waals surface area contributed by atoms with Gasteiger partial charge in [0.1, 0.15) is 5.82 Å². The van der Waals surface area contributed by atoms with Crippen molar-refractivity contribution in [1.29, 1.82) is 0 Å². The Morgan fingerprint density at radius 3 is 2.75 bits per heavy atom. The second-order valence-corrected chi connectivity index (χ2v) is 4.71. The Labute approximate surface area is 97.1 Å². The lowest BCUT2D eigenvalue weighted by molar-refractivity contribution is 0.0139. The summed E-state index contributed by atoms with van der Waals surface area (Å²) in [5.74, 6) is 1.00. The zero-order chi connectivity index (χ0) is 12.2. The zero-order valence-corrected chi connectivity index (χ0v) is 10.5. The predicted molar refractivity (Wildman–Crippen MR) is 63.9 cm³/mol. The molecule has 1 atom stereocenters. The van der Waals surface area contributed by atoms with Crippen LogP contribution in [0.4, 0.5) is 0 Å². The van der Waals surface area contributed by atoms with Gasteiger partial charge in [0.25, 0.3) is 0 Å². The van der Waals surface area contributed by atoms with Gasteiger partial charge in [-0.15, -0.1) is 0 Å². The standard InChI is InChI=1S/C12H21N3O/c1-9(2)12(4,16)8-13-7-11-5-6-14-10(3)15-11/h5-6,9,13,16H,7-8H2,1-4H3. The number of nitrogens with zero attached hydrogens (tertiary/aromatic N) is 2. The Balaban J connectivity index is 2.42. The second-order valence-electron chi connectivity index (χ2n) is 4.71. The van der Waals surface area contributed by atoms with Gasteiger partial charge in [0, 0.05) is 19.3 Å². The Bertz CT molecular complexity index is 337. The molecule has 16 heavy (non-hydrogen) atoms. The van der Waals surface area contributed by atoms with Crippen molar-refractivity contribution < 1.29 is 5.11 Å². The van der Waals surface area contributed by atoms with E-state index in [-0.39, 0.29) is 5.92 Å². The number of hydrogen-bond donors (Lipinski definition) is 2. The highest BCUT2D eigenvalue weighted by atomic mass is 16.3. The van der Waals surface area contributed by atoms with Crippen LogP contribution in [0.2, 0.25) is 0 Å². The van der Waals surface area contributed by atoms with E-state index in [0.29, 0.717) is 13.1 Å². The number of aryl methyl sites for hydroxylation is 1. The molecule has 4 nitrogen and oxygen atoms in total. The Kier molecular flexibility index (Phi) is 4.38. The third kappa shape index (κ3) is 3.87. The molecule has 0 aliphatic rings. The number of hydrogen-bond acceptors (Lipinski definition) is 4. The summed E-state index contributed by atoms with van der Waals surface area (Å²) in [5.41, 5.74) is 0.272. The average molecular weight is 223 g/mol. The molecule has 0 spiro atoms. The quantitative estimate of drug-likeness (QED) is 0.789. The molecule has 2 N–H and O–H groups in total. The van der Waals surface area contributed by atoms with Crippen molar-refractivity contribution in [3.05, 3.63) is 23.8 Å². The van der Waals surface area contributed by atoms with Gasteiger partial charge in [0.15, 0.2) is 0 Å². The summed E-state index contributed by atoms with van der Waals surface area (Å²) in [5, 5.41) is 13.2. The highest BCUT2D eigenvalue weighted by Crippen LogP contribution is 2.14. The van der Waals surface area contributed by atoms with Crippen molar-refractivity contribution in [2.75, 3.05) is 6.54 Å². The highest BCUT2D eigenvalue weighted by molar-refractivity contribution is 5.01. The first-order chi connectivity index (χ1) is 7.42. The largest absolute Gasteiger partial charge is 0.389 e. The van der Waals surface area contributed by atoms with Crippen LogP contribution in [0.3, 0.4) is 0 Å². The highest BCUT2D eigenvalue weighted by Gasteiger charge is 2.23. The topological polar surface area (TPSA) is 58.0 Å². The molecular weight excluding hydrogens is 202 g/mol. The van der Waals surface area contributed by atoms with Gasteiger partial charge < -0.3 is 10.4 Å². The molecule has 0 aliphatic carbocycles. The van der Waals surface area contributed by atoms with Crippen molar-refractivity contribution >= 4 is 0 Å². The number of rotatable bonds is 5. The van der Waals surface area contributed by atoms with E-state index in [0.717, 1.165) is 11.5 Å². The maximum Gasteiger partial charge on any atom is 0.125 e. The first-order valence-electron chi connectivity index (χ1n) is 5.63. The minimum Gasteiger partial charge on any atom is -0.389 e. The van der Waals surface area contributed by atoms with Gasteiger partial charge >= 0.3 is 0 Å². The lowest BCUT2D eigenvalue weighted by Gasteiger charge is -2.27. The van der Waals surface area contributed by atoms with Crippen LogP contribution >= 0.6 is 0 Å². The summed E-state index contributed by atoms with van der Waals surface area (Å²) in [6.07, 6.45) is 1.75. The van der Waals surface area contributed by atoms with Crippen molar-refractivity contribution in [2.24, 2.45) is 5.92 Å². The Morgan fingerprint density at radius 1 is 1.50 bits per heavy atom. The maximum atomic E-state index is 10.0. The summed E-state index contributed by atoms with van der Waals surface area (Å²) in [4.78, 5) is 8.32. The van der Waals surface area contributed by atoms with Gasteiger partial charge in [-0.1, -0.05) is 13.8 Å². The fourth-order valence-corrected chi connectivity index (χ4v) is 1.25.